The van der Waals surface area contributed by atoms with Gasteiger partial charge in [-0.25, -0.2) is 8.42 Å². The zero-order chi connectivity index (χ0) is 14.4. The fourth-order valence-corrected chi connectivity index (χ4v) is 3.56. The molecule has 110 valence electrons. The predicted molar refractivity (Wildman–Crippen MR) is 80.4 cm³/mol. The van der Waals surface area contributed by atoms with Gasteiger partial charge in [0, 0.05) is 24.6 Å². The van der Waals surface area contributed by atoms with Gasteiger partial charge in [-0.3, -0.25) is 0 Å². The van der Waals surface area contributed by atoms with E-state index < -0.39 is 10.0 Å². The summed E-state index contributed by atoms with van der Waals surface area (Å²) in [5.74, 6) is 0. The van der Waals surface area contributed by atoms with E-state index in [2.05, 4.69) is 0 Å². The summed E-state index contributed by atoms with van der Waals surface area (Å²) in [6, 6.07) is 9.56. The van der Waals surface area contributed by atoms with E-state index in [4.69, 9.17) is 5.11 Å². The first kappa shape index (κ1) is 15.2. The number of aliphatic hydroxyl groups excluding tert-OH is 1. The van der Waals surface area contributed by atoms with Crippen LogP contribution in [-0.4, -0.2) is 37.0 Å². The SMILES string of the molecule is O=S(=O)(/C=C/c1ccccc1)N(CCCCO)C1CC1. The highest BCUT2D eigenvalue weighted by molar-refractivity contribution is 7.92. The topological polar surface area (TPSA) is 57.6 Å². The van der Waals surface area contributed by atoms with Crippen molar-refractivity contribution in [1.29, 1.82) is 0 Å². The zero-order valence-electron chi connectivity index (χ0n) is 11.5. The van der Waals surface area contributed by atoms with Gasteiger partial charge in [0.15, 0.2) is 0 Å². The lowest BCUT2D eigenvalue weighted by Gasteiger charge is -2.19. The van der Waals surface area contributed by atoms with Gasteiger partial charge in [-0.1, -0.05) is 30.3 Å². The Morgan fingerprint density at radius 2 is 1.90 bits per heavy atom. The van der Waals surface area contributed by atoms with Crippen molar-refractivity contribution in [3.63, 3.8) is 0 Å². The van der Waals surface area contributed by atoms with Gasteiger partial charge < -0.3 is 5.11 Å². The van der Waals surface area contributed by atoms with E-state index in [1.54, 1.807) is 10.4 Å². The van der Waals surface area contributed by atoms with Crippen LogP contribution in [0.25, 0.3) is 6.08 Å². The fourth-order valence-electron chi connectivity index (χ4n) is 2.07. The number of aliphatic hydroxyl groups is 1. The molecule has 1 fully saturated rings. The van der Waals surface area contributed by atoms with Gasteiger partial charge in [0.25, 0.3) is 0 Å². The molecule has 5 heteroatoms. The molecule has 20 heavy (non-hydrogen) atoms. The number of unbranched alkanes of at least 4 members (excludes halogenated alkanes) is 1. The maximum atomic E-state index is 12.4. The lowest BCUT2D eigenvalue weighted by molar-refractivity contribution is 0.275. The van der Waals surface area contributed by atoms with Crippen molar-refractivity contribution >= 4 is 16.1 Å². The number of sulfonamides is 1. The molecule has 0 aromatic heterocycles. The van der Waals surface area contributed by atoms with Gasteiger partial charge in [0.2, 0.25) is 10.0 Å². The van der Waals surface area contributed by atoms with Crippen molar-refractivity contribution < 1.29 is 13.5 Å². The largest absolute Gasteiger partial charge is 0.396 e. The Hall–Kier alpha value is -1.17. The minimum atomic E-state index is -3.37. The summed E-state index contributed by atoms with van der Waals surface area (Å²) in [5, 5.41) is 10.1. The van der Waals surface area contributed by atoms with Crippen molar-refractivity contribution in [2.45, 2.75) is 31.7 Å². The molecule has 0 atom stereocenters. The van der Waals surface area contributed by atoms with Crippen LogP contribution in [0.2, 0.25) is 0 Å². The second-order valence-electron chi connectivity index (χ2n) is 5.03. The van der Waals surface area contributed by atoms with Crippen LogP contribution in [0.4, 0.5) is 0 Å². The molecule has 4 nitrogen and oxygen atoms in total. The quantitative estimate of drug-likeness (QED) is 0.748. The van der Waals surface area contributed by atoms with Crippen molar-refractivity contribution in [2.75, 3.05) is 13.2 Å². The molecule has 2 rings (SSSR count). The van der Waals surface area contributed by atoms with E-state index in [1.807, 2.05) is 30.3 Å². The van der Waals surface area contributed by atoms with Gasteiger partial charge in [-0.15, -0.1) is 0 Å². The molecule has 0 radical (unpaired) electrons. The van der Waals surface area contributed by atoms with Crippen LogP contribution in [0, 0.1) is 0 Å². The highest BCUT2D eigenvalue weighted by Gasteiger charge is 2.35. The monoisotopic (exact) mass is 295 g/mol. The number of benzene rings is 1. The normalized spacial score (nSPS) is 16.1. The molecule has 0 heterocycles. The summed E-state index contributed by atoms with van der Waals surface area (Å²) in [6.45, 7) is 0.602. The van der Waals surface area contributed by atoms with E-state index >= 15 is 0 Å². The van der Waals surface area contributed by atoms with E-state index in [9.17, 15) is 8.42 Å². The van der Waals surface area contributed by atoms with Crippen LogP contribution < -0.4 is 0 Å². The maximum Gasteiger partial charge on any atom is 0.236 e. The van der Waals surface area contributed by atoms with Crippen molar-refractivity contribution in [3.05, 3.63) is 41.3 Å². The van der Waals surface area contributed by atoms with Crippen molar-refractivity contribution in [2.24, 2.45) is 0 Å². The number of hydrogen-bond acceptors (Lipinski definition) is 3. The number of rotatable bonds is 8. The molecule has 0 spiro atoms. The van der Waals surface area contributed by atoms with E-state index in [0.717, 1.165) is 18.4 Å². The number of nitrogens with zero attached hydrogens (tertiary/aromatic N) is 1. The summed E-state index contributed by atoms with van der Waals surface area (Å²) < 4.78 is 26.3. The Labute approximate surface area is 120 Å². The molecular weight excluding hydrogens is 274 g/mol. The first-order chi connectivity index (χ1) is 9.63. The lowest BCUT2D eigenvalue weighted by atomic mass is 10.2. The summed E-state index contributed by atoms with van der Waals surface area (Å²) in [4.78, 5) is 0. The Balaban J connectivity index is 2.04. The molecular formula is C15H21NO3S. The van der Waals surface area contributed by atoms with Crippen LogP contribution in [0.15, 0.2) is 35.7 Å². The smallest absolute Gasteiger partial charge is 0.236 e. The minimum Gasteiger partial charge on any atom is -0.396 e. The van der Waals surface area contributed by atoms with Crippen LogP contribution in [-0.2, 0) is 10.0 Å². The van der Waals surface area contributed by atoms with Gasteiger partial charge in [0.1, 0.15) is 0 Å². The third-order valence-electron chi connectivity index (χ3n) is 3.30. The second-order valence-corrected chi connectivity index (χ2v) is 6.80. The maximum absolute atomic E-state index is 12.4. The molecule has 0 saturated heterocycles. The highest BCUT2D eigenvalue weighted by Crippen LogP contribution is 2.30. The standard InChI is InChI=1S/C15H21NO3S/c17-12-5-4-11-16(15-8-9-15)20(18,19)13-10-14-6-2-1-3-7-14/h1-3,6-7,10,13,15,17H,4-5,8-9,11-12H2/b13-10+. The Morgan fingerprint density at radius 3 is 2.50 bits per heavy atom. The molecule has 0 aliphatic heterocycles. The Morgan fingerprint density at radius 1 is 1.20 bits per heavy atom. The molecule has 1 aliphatic rings. The van der Waals surface area contributed by atoms with Gasteiger partial charge in [0.05, 0.1) is 0 Å². The molecule has 0 amide bonds. The van der Waals surface area contributed by atoms with Crippen LogP contribution in [0.5, 0.6) is 0 Å². The fraction of sp³-hybridized carbons (Fsp3) is 0.467. The van der Waals surface area contributed by atoms with E-state index in [0.29, 0.717) is 19.4 Å². The second kappa shape index (κ2) is 7.02. The van der Waals surface area contributed by atoms with Crippen LogP contribution in [0.1, 0.15) is 31.2 Å². The lowest BCUT2D eigenvalue weighted by Crippen LogP contribution is -2.32. The molecule has 1 aromatic rings. The third kappa shape index (κ3) is 4.44. The summed E-state index contributed by atoms with van der Waals surface area (Å²) in [5.41, 5.74) is 0.877. The average molecular weight is 295 g/mol. The highest BCUT2D eigenvalue weighted by atomic mass is 32.2. The van der Waals surface area contributed by atoms with Crippen LogP contribution >= 0.6 is 0 Å². The molecule has 1 N–H and O–H groups in total. The van der Waals surface area contributed by atoms with Gasteiger partial charge in [-0.05, 0) is 37.3 Å². The zero-order valence-corrected chi connectivity index (χ0v) is 12.3. The number of hydrogen-bond donors (Lipinski definition) is 1. The minimum absolute atomic E-state index is 0.110. The van der Waals surface area contributed by atoms with E-state index in [-0.39, 0.29) is 12.6 Å². The third-order valence-corrected chi connectivity index (χ3v) is 4.91. The molecule has 1 saturated carbocycles. The van der Waals surface area contributed by atoms with Crippen molar-refractivity contribution in [3.8, 4) is 0 Å². The summed E-state index contributed by atoms with van der Waals surface area (Å²) in [7, 11) is -3.37. The molecule has 0 bridgehead atoms. The van der Waals surface area contributed by atoms with E-state index in [1.165, 1.54) is 5.41 Å². The Kier molecular flexibility index (Phi) is 5.34. The van der Waals surface area contributed by atoms with Crippen LogP contribution in [0.3, 0.4) is 0 Å². The van der Waals surface area contributed by atoms with Gasteiger partial charge in [-0.2, -0.15) is 4.31 Å². The first-order valence-corrected chi connectivity index (χ1v) is 8.49. The average Bonchev–Trinajstić information content (AvgIpc) is 3.27. The summed E-state index contributed by atoms with van der Waals surface area (Å²) in [6.07, 6.45) is 4.86. The van der Waals surface area contributed by atoms with Gasteiger partial charge >= 0.3 is 0 Å². The Bertz CT molecular complexity index is 535. The molecule has 1 aromatic carbocycles. The molecule has 0 unspecified atom stereocenters. The summed E-state index contributed by atoms with van der Waals surface area (Å²) >= 11 is 0. The molecule has 1 aliphatic carbocycles. The first-order valence-electron chi connectivity index (χ1n) is 6.99. The van der Waals surface area contributed by atoms with Crippen molar-refractivity contribution in [1.82, 2.24) is 4.31 Å². The predicted octanol–water partition coefficient (Wildman–Crippen LogP) is 2.22.